The van der Waals surface area contributed by atoms with E-state index in [1.807, 2.05) is 0 Å². The number of aliphatic hydroxyl groups is 1. The Balaban J connectivity index is 0.00000121. The topological polar surface area (TPSA) is 74.9 Å². The lowest BCUT2D eigenvalue weighted by molar-refractivity contribution is 0.264. The number of nitrogens with two attached hydrogens (primary N) is 1. The van der Waals surface area contributed by atoms with E-state index in [1.165, 1.54) is 0 Å². The predicted octanol–water partition coefficient (Wildman–Crippen LogP) is 0.456. The van der Waals surface area contributed by atoms with Crippen LogP contribution < -0.4 is 5.73 Å². The molecule has 0 bridgehead atoms. The molecule has 0 radical (unpaired) electrons. The molecule has 0 fully saturated rings. The first kappa shape index (κ1) is 11.9. The average Bonchev–Trinajstić information content (AvgIpc) is 2.37. The third-order valence-corrected chi connectivity index (χ3v) is 2.05. The van der Waals surface area contributed by atoms with Crippen LogP contribution in [0, 0.1) is 0 Å². The summed E-state index contributed by atoms with van der Waals surface area (Å²) in [6.07, 6.45) is 2.27. The molecule has 0 aliphatic heterocycles. The lowest BCUT2D eigenvalue weighted by Gasteiger charge is -2.05. The third-order valence-electron chi connectivity index (χ3n) is 1.37. The van der Waals surface area contributed by atoms with Gasteiger partial charge in [0.2, 0.25) is 0 Å². The van der Waals surface area contributed by atoms with Gasteiger partial charge in [-0.15, -0.1) is 12.4 Å². The SMILES string of the molecule is Cl.NC(CO)Cc1[nH]ncc1Br. The van der Waals surface area contributed by atoms with Crippen LogP contribution >= 0.6 is 28.3 Å². The van der Waals surface area contributed by atoms with E-state index < -0.39 is 0 Å². The molecule has 0 spiro atoms. The van der Waals surface area contributed by atoms with Crippen LogP contribution in [0.5, 0.6) is 0 Å². The third kappa shape index (κ3) is 3.10. The Labute approximate surface area is 85.1 Å². The van der Waals surface area contributed by atoms with E-state index in [0.29, 0.717) is 6.42 Å². The number of halogens is 2. The number of hydrogen-bond acceptors (Lipinski definition) is 3. The largest absolute Gasteiger partial charge is 0.395 e. The molecule has 4 N–H and O–H groups in total. The molecule has 0 aliphatic rings. The number of aliphatic hydroxyl groups excluding tert-OH is 1. The number of hydrogen-bond donors (Lipinski definition) is 3. The molecule has 0 amide bonds. The van der Waals surface area contributed by atoms with Crippen molar-refractivity contribution in [3.05, 3.63) is 16.4 Å². The van der Waals surface area contributed by atoms with Gasteiger partial charge in [0, 0.05) is 12.5 Å². The second-order valence-electron chi connectivity index (χ2n) is 2.34. The Morgan fingerprint density at radius 1 is 1.75 bits per heavy atom. The van der Waals surface area contributed by atoms with Gasteiger partial charge in [-0.1, -0.05) is 0 Å². The Morgan fingerprint density at radius 2 is 2.42 bits per heavy atom. The Hall–Kier alpha value is -0.100. The van der Waals surface area contributed by atoms with Crippen LogP contribution in [-0.2, 0) is 6.42 Å². The minimum Gasteiger partial charge on any atom is -0.395 e. The zero-order valence-corrected chi connectivity index (χ0v) is 8.73. The van der Waals surface area contributed by atoms with Crippen LogP contribution in [0.25, 0.3) is 0 Å². The number of aromatic nitrogens is 2. The van der Waals surface area contributed by atoms with Crippen LogP contribution in [0.2, 0.25) is 0 Å². The summed E-state index contributed by atoms with van der Waals surface area (Å²) >= 11 is 3.29. The van der Waals surface area contributed by atoms with Crippen molar-refractivity contribution >= 4 is 28.3 Å². The van der Waals surface area contributed by atoms with Crippen LogP contribution in [-0.4, -0.2) is 28.0 Å². The summed E-state index contributed by atoms with van der Waals surface area (Å²) in [6, 6.07) is -0.216. The summed E-state index contributed by atoms with van der Waals surface area (Å²) < 4.78 is 0.904. The lowest BCUT2D eigenvalue weighted by Crippen LogP contribution is -2.27. The van der Waals surface area contributed by atoms with Gasteiger partial charge in [-0.25, -0.2) is 0 Å². The fourth-order valence-corrected chi connectivity index (χ4v) is 1.12. The number of aromatic amines is 1. The molecular formula is C6H11BrClN3O. The molecule has 70 valence electrons. The predicted molar refractivity (Wildman–Crippen MR) is 52.3 cm³/mol. The van der Waals surface area contributed by atoms with Gasteiger partial charge in [-0.3, -0.25) is 5.10 Å². The van der Waals surface area contributed by atoms with E-state index in [4.69, 9.17) is 10.8 Å². The van der Waals surface area contributed by atoms with Gasteiger partial charge in [0.25, 0.3) is 0 Å². The van der Waals surface area contributed by atoms with E-state index in [1.54, 1.807) is 6.20 Å². The molecule has 12 heavy (non-hydrogen) atoms. The number of nitrogens with zero attached hydrogens (tertiary/aromatic N) is 1. The standard InChI is InChI=1S/C6H10BrN3O.ClH/c7-5-2-9-10-6(5)1-4(8)3-11;/h2,4,11H,1,3,8H2,(H,9,10);1H. The van der Waals surface area contributed by atoms with Crippen LogP contribution in [0.4, 0.5) is 0 Å². The molecule has 4 nitrogen and oxygen atoms in total. The Bertz CT molecular complexity index is 230. The summed E-state index contributed by atoms with van der Waals surface area (Å²) in [5.41, 5.74) is 6.44. The molecule has 0 aliphatic carbocycles. The van der Waals surface area contributed by atoms with Crippen molar-refractivity contribution in [3.8, 4) is 0 Å². The minimum absolute atomic E-state index is 0. The van der Waals surface area contributed by atoms with Crippen molar-refractivity contribution in [1.29, 1.82) is 0 Å². The summed E-state index contributed by atoms with van der Waals surface area (Å²) in [6.45, 7) is -0.00847. The fourth-order valence-electron chi connectivity index (χ4n) is 0.768. The highest BCUT2D eigenvalue weighted by molar-refractivity contribution is 9.10. The maximum absolute atomic E-state index is 8.65. The van der Waals surface area contributed by atoms with Gasteiger partial charge in [-0.05, 0) is 15.9 Å². The molecular weight excluding hydrogens is 245 g/mol. The molecule has 1 atom stereocenters. The highest BCUT2D eigenvalue weighted by Gasteiger charge is 2.06. The molecule has 1 rings (SSSR count). The smallest absolute Gasteiger partial charge is 0.0632 e. The zero-order valence-electron chi connectivity index (χ0n) is 6.33. The fraction of sp³-hybridized carbons (Fsp3) is 0.500. The van der Waals surface area contributed by atoms with Gasteiger partial charge in [0.05, 0.1) is 23.0 Å². The summed E-state index contributed by atoms with van der Waals surface area (Å²) in [5.74, 6) is 0. The molecule has 1 aromatic rings. The van der Waals surface area contributed by atoms with Crippen LogP contribution in [0.15, 0.2) is 10.7 Å². The minimum atomic E-state index is -0.216. The van der Waals surface area contributed by atoms with Crippen molar-refractivity contribution < 1.29 is 5.11 Å². The van der Waals surface area contributed by atoms with Crippen molar-refractivity contribution in [3.63, 3.8) is 0 Å². The first-order chi connectivity index (χ1) is 5.24. The second kappa shape index (κ2) is 5.53. The Morgan fingerprint density at radius 3 is 2.83 bits per heavy atom. The van der Waals surface area contributed by atoms with E-state index in [2.05, 4.69) is 26.1 Å². The quantitative estimate of drug-likeness (QED) is 0.735. The van der Waals surface area contributed by atoms with Crippen molar-refractivity contribution in [2.45, 2.75) is 12.5 Å². The Kier molecular flexibility index (Phi) is 5.48. The summed E-state index contributed by atoms with van der Waals surface area (Å²) in [5, 5.41) is 15.2. The maximum Gasteiger partial charge on any atom is 0.0632 e. The summed E-state index contributed by atoms with van der Waals surface area (Å²) in [7, 11) is 0. The second-order valence-corrected chi connectivity index (χ2v) is 3.20. The first-order valence-electron chi connectivity index (χ1n) is 3.28. The van der Waals surface area contributed by atoms with Crippen molar-refractivity contribution in [2.75, 3.05) is 6.61 Å². The molecule has 1 aromatic heterocycles. The highest BCUT2D eigenvalue weighted by atomic mass is 79.9. The zero-order chi connectivity index (χ0) is 8.27. The van der Waals surface area contributed by atoms with Gasteiger partial charge < -0.3 is 10.8 Å². The van der Waals surface area contributed by atoms with Crippen molar-refractivity contribution in [1.82, 2.24) is 10.2 Å². The molecule has 0 saturated carbocycles. The van der Waals surface area contributed by atoms with E-state index in [-0.39, 0.29) is 25.1 Å². The van der Waals surface area contributed by atoms with Gasteiger partial charge >= 0.3 is 0 Å². The van der Waals surface area contributed by atoms with Crippen LogP contribution in [0.1, 0.15) is 5.69 Å². The normalized spacial score (nSPS) is 12.2. The van der Waals surface area contributed by atoms with E-state index in [9.17, 15) is 0 Å². The molecule has 1 heterocycles. The number of nitrogens with one attached hydrogen (secondary N) is 1. The van der Waals surface area contributed by atoms with Gasteiger partial charge in [0.15, 0.2) is 0 Å². The molecule has 0 aromatic carbocycles. The monoisotopic (exact) mass is 255 g/mol. The highest BCUT2D eigenvalue weighted by Crippen LogP contribution is 2.13. The number of H-pyrrole nitrogens is 1. The molecule has 1 unspecified atom stereocenters. The first-order valence-corrected chi connectivity index (χ1v) is 4.07. The van der Waals surface area contributed by atoms with Crippen LogP contribution in [0.3, 0.4) is 0 Å². The maximum atomic E-state index is 8.65. The average molecular weight is 257 g/mol. The summed E-state index contributed by atoms with van der Waals surface area (Å²) in [4.78, 5) is 0. The van der Waals surface area contributed by atoms with Gasteiger partial charge in [0.1, 0.15) is 0 Å². The molecule has 0 saturated heterocycles. The van der Waals surface area contributed by atoms with E-state index in [0.717, 1.165) is 10.2 Å². The number of rotatable bonds is 3. The van der Waals surface area contributed by atoms with Gasteiger partial charge in [-0.2, -0.15) is 5.10 Å². The van der Waals surface area contributed by atoms with Crippen molar-refractivity contribution in [2.24, 2.45) is 5.73 Å². The molecule has 6 heteroatoms. The van der Waals surface area contributed by atoms with E-state index >= 15 is 0 Å². The lowest BCUT2D eigenvalue weighted by atomic mass is 10.2.